The highest BCUT2D eigenvalue weighted by molar-refractivity contribution is 5.76. The number of benzene rings is 2. The van der Waals surface area contributed by atoms with Crippen LogP contribution in [0, 0.1) is 17.6 Å². The molecule has 134 valence electrons. The van der Waals surface area contributed by atoms with Crippen LogP contribution in [0.4, 0.5) is 8.78 Å². The fourth-order valence-electron chi connectivity index (χ4n) is 2.82. The first kappa shape index (κ1) is 19.1. The third-order valence-electron chi connectivity index (χ3n) is 4.20. The van der Waals surface area contributed by atoms with Crippen LogP contribution in [0.25, 0.3) is 0 Å². The molecule has 0 unspecified atom stereocenters. The second-order valence-electron chi connectivity index (χ2n) is 6.45. The van der Waals surface area contributed by atoms with Crippen molar-refractivity contribution < 1.29 is 18.9 Å². The van der Waals surface area contributed by atoms with E-state index in [1.165, 1.54) is 18.2 Å². The number of amides is 1. The van der Waals surface area contributed by atoms with E-state index in [4.69, 9.17) is 0 Å². The van der Waals surface area contributed by atoms with E-state index in [0.29, 0.717) is 24.4 Å². The maximum Gasteiger partial charge on any atom is 0.275 e. The van der Waals surface area contributed by atoms with Gasteiger partial charge in [-0.05, 0) is 30.2 Å². The Morgan fingerprint density at radius 2 is 1.76 bits per heavy atom. The molecule has 0 saturated carbocycles. The fourth-order valence-corrected chi connectivity index (χ4v) is 2.82. The summed E-state index contributed by atoms with van der Waals surface area (Å²) >= 11 is 0. The van der Waals surface area contributed by atoms with Crippen molar-refractivity contribution in [1.82, 2.24) is 5.32 Å². The zero-order valence-corrected chi connectivity index (χ0v) is 14.6. The van der Waals surface area contributed by atoms with Crippen LogP contribution in [0.15, 0.2) is 48.5 Å². The summed E-state index contributed by atoms with van der Waals surface area (Å²) in [5, 5.41) is 4.77. The van der Waals surface area contributed by atoms with Gasteiger partial charge in [0.2, 0.25) is 0 Å². The van der Waals surface area contributed by atoms with E-state index in [2.05, 4.69) is 19.2 Å². The van der Waals surface area contributed by atoms with E-state index < -0.39 is 0 Å². The highest BCUT2D eigenvalue weighted by atomic mass is 19.1. The summed E-state index contributed by atoms with van der Waals surface area (Å²) in [6.45, 7) is 4.81. The number of halogens is 2. The molecule has 0 radical (unpaired) electrons. The predicted molar refractivity (Wildman–Crippen MR) is 93.9 cm³/mol. The molecule has 2 aromatic carbocycles. The SMILES string of the molecule is CC(C)[C@H]([NH2+]CC(=O)NCCc1ccccc1F)c1ccc(F)cc1. The van der Waals surface area contributed by atoms with Gasteiger partial charge in [0, 0.05) is 18.0 Å². The third kappa shape index (κ3) is 5.94. The molecular formula is C20H25F2N2O+. The van der Waals surface area contributed by atoms with Crippen molar-refractivity contribution in [1.29, 1.82) is 0 Å². The first-order valence-corrected chi connectivity index (χ1v) is 8.56. The number of hydrogen-bond donors (Lipinski definition) is 2. The average Bonchev–Trinajstić information content (AvgIpc) is 2.58. The molecule has 2 aromatic rings. The minimum Gasteiger partial charge on any atom is -0.351 e. The molecule has 0 bridgehead atoms. The maximum atomic E-state index is 13.5. The smallest absolute Gasteiger partial charge is 0.275 e. The van der Waals surface area contributed by atoms with Gasteiger partial charge in [0.05, 0.1) is 0 Å². The van der Waals surface area contributed by atoms with E-state index in [1.54, 1.807) is 30.3 Å². The minimum absolute atomic E-state index is 0.0814. The van der Waals surface area contributed by atoms with Crippen LogP contribution in [-0.4, -0.2) is 19.0 Å². The quantitative estimate of drug-likeness (QED) is 0.757. The second kappa shape index (κ2) is 9.28. The summed E-state index contributed by atoms with van der Waals surface area (Å²) < 4.78 is 26.6. The van der Waals surface area contributed by atoms with Gasteiger partial charge in [-0.3, -0.25) is 4.79 Å². The first-order chi connectivity index (χ1) is 12.0. The highest BCUT2D eigenvalue weighted by Gasteiger charge is 2.20. The Morgan fingerprint density at radius 3 is 2.40 bits per heavy atom. The van der Waals surface area contributed by atoms with Gasteiger partial charge in [-0.1, -0.05) is 44.2 Å². The van der Waals surface area contributed by atoms with Crippen LogP contribution in [-0.2, 0) is 11.2 Å². The van der Waals surface area contributed by atoms with Gasteiger partial charge in [-0.15, -0.1) is 0 Å². The van der Waals surface area contributed by atoms with Gasteiger partial charge in [0.1, 0.15) is 17.7 Å². The molecule has 0 aliphatic heterocycles. The summed E-state index contributed by atoms with van der Waals surface area (Å²) in [4.78, 5) is 12.0. The zero-order chi connectivity index (χ0) is 18.2. The monoisotopic (exact) mass is 347 g/mol. The summed E-state index contributed by atoms with van der Waals surface area (Å²) in [7, 11) is 0. The van der Waals surface area contributed by atoms with E-state index in [0.717, 1.165) is 5.56 Å². The van der Waals surface area contributed by atoms with Crippen molar-refractivity contribution in [2.45, 2.75) is 26.3 Å². The molecular weight excluding hydrogens is 322 g/mol. The molecule has 0 aliphatic rings. The molecule has 3 nitrogen and oxygen atoms in total. The lowest BCUT2D eigenvalue weighted by Gasteiger charge is -2.19. The number of nitrogens with one attached hydrogen (secondary N) is 1. The first-order valence-electron chi connectivity index (χ1n) is 8.56. The molecule has 3 N–H and O–H groups in total. The number of rotatable bonds is 8. The standard InChI is InChI=1S/C20H24F2N2O/c1-14(2)20(16-7-9-17(21)10-8-16)24-13-19(25)23-12-11-15-5-3-4-6-18(15)22/h3-10,14,20,24H,11-13H2,1-2H3,(H,23,25)/p+1/t20-/m0/s1. The Kier molecular flexibility index (Phi) is 7.07. The molecule has 0 spiro atoms. The van der Waals surface area contributed by atoms with Gasteiger partial charge in [-0.25, -0.2) is 8.78 Å². The number of quaternary nitrogens is 1. The fraction of sp³-hybridized carbons (Fsp3) is 0.350. The lowest BCUT2D eigenvalue weighted by atomic mass is 9.96. The number of nitrogens with two attached hydrogens (primary N) is 1. The van der Waals surface area contributed by atoms with Gasteiger partial charge in [-0.2, -0.15) is 0 Å². The molecule has 2 rings (SSSR count). The van der Waals surface area contributed by atoms with Crippen molar-refractivity contribution >= 4 is 5.91 Å². The molecule has 1 amide bonds. The van der Waals surface area contributed by atoms with E-state index in [9.17, 15) is 13.6 Å². The summed E-state index contributed by atoms with van der Waals surface area (Å²) in [6, 6.07) is 13.0. The predicted octanol–water partition coefficient (Wildman–Crippen LogP) is 2.58. The second-order valence-corrected chi connectivity index (χ2v) is 6.45. The molecule has 0 saturated heterocycles. The van der Waals surface area contributed by atoms with Crippen molar-refractivity contribution in [3.05, 3.63) is 71.3 Å². The van der Waals surface area contributed by atoms with Crippen LogP contribution in [0.2, 0.25) is 0 Å². The Labute approximate surface area is 147 Å². The van der Waals surface area contributed by atoms with Gasteiger partial charge in [0.15, 0.2) is 6.54 Å². The van der Waals surface area contributed by atoms with E-state index >= 15 is 0 Å². The number of carbonyl (C=O) groups is 1. The zero-order valence-electron chi connectivity index (χ0n) is 14.6. The summed E-state index contributed by atoms with van der Waals surface area (Å²) in [5.41, 5.74) is 1.59. The van der Waals surface area contributed by atoms with Gasteiger partial charge >= 0.3 is 0 Å². The maximum absolute atomic E-state index is 13.5. The Hall–Kier alpha value is -2.27. The molecule has 0 heterocycles. The third-order valence-corrected chi connectivity index (χ3v) is 4.20. The normalized spacial score (nSPS) is 12.2. The summed E-state index contributed by atoms with van der Waals surface area (Å²) in [6.07, 6.45) is 0.462. The van der Waals surface area contributed by atoms with E-state index in [1.807, 2.05) is 5.32 Å². The van der Waals surface area contributed by atoms with Crippen LogP contribution in [0.3, 0.4) is 0 Å². The Morgan fingerprint density at radius 1 is 1.08 bits per heavy atom. The highest BCUT2D eigenvalue weighted by Crippen LogP contribution is 2.17. The molecule has 25 heavy (non-hydrogen) atoms. The van der Waals surface area contributed by atoms with Crippen LogP contribution < -0.4 is 10.6 Å². The van der Waals surface area contributed by atoms with Gasteiger partial charge < -0.3 is 10.6 Å². The van der Waals surface area contributed by atoms with Crippen molar-refractivity contribution in [3.8, 4) is 0 Å². The lowest BCUT2D eigenvalue weighted by molar-refractivity contribution is -0.692. The van der Waals surface area contributed by atoms with Crippen LogP contribution in [0.5, 0.6) is 0 Å². The number of hydrogen-bond acceptors (Lipinski definition) is 1. The molecule has 0 aliphatic carbocycles. The molecule has 0 aromatic heterocycles. The molecule has 0 fully saturated rings. The van der Waals surface area contributed by atoms with Crippen molar-refractivity contribution in [3.63, 3.8) is 0 Å². The van der Waals surface area contributed by atoms with Gasteiger partial charge in [0.25, 0.3) is 5.91 Å². The number of carbonyl (C=O) groups excluding carboxylic acids is 1. The van der Waals surface area contributed by atoms with Crippen molar-refractivity contribution in [2.75, 3.05) is 13.1 Å². The Bertz CT molecular complexity index is 686. The molecule has 1 atom stereocenters. The van der Waals surface area contributed by atoms with Crippen molar-refractivity contribution in [2.24, 2.45) is 5.92 Å². The van der Waals surface area contributed by atoms with E-state index in [-0.39, 0.29) is 30.1 Å². The van der Waals surface area contributed by atoms with Crippen LogP contribution in [0.1, 0.15) is 31.0 Å². The molecule has 5 heteroatoms. The largest absolute Gasteiger partial charge is 0.351 e. The topological polar surface area (TPSA) is 45.7 Å². The summed E-state index contributed by atoms with van der Waals surface area (Å²) in [5.74, 6) is -0.308. The average molecular weight is 347 g/mol. The Balaban J connectivity index is 1.81. The van der Waals surface area contributed by atoms with Crippen LogP contribution >= 0.6 is 0 Å². The lowest BCUT2D eigenvalue weighted by Crippen LogP contribution is -2.88. The minimum atomic E-state index is -0.267.